The summed E-state index contributed by atoms with van der Waals surface area (Å²) < 4.78 is 38.3. The van der Waals surface area contributed by atoms with Gasteiger partial charge in [0, 0.05) is 5.69 Å². The van der Waals surface area contributed by atoms with Crippen LogP contribution in [0, 0.1) is 0 Å². The topological polar surface area (TPSA) is 55.1 Å². The number of alkyl halides is 3. The largest absolute Gasteiger partial charge is 0.480 e. The van der Waals surface area contributed by atoms with Crippen molar-refractivity contribution in [1.29, 1.82) is 0 Å². The van der Waals surface area contributed by atoms with Gasteiger partial charge in [-0.15, -0.1) is 0 Å². The van der Waals surface area contributed by atoms with Gasteiger partial charge in [-0.2, -0.15) is 18.3 Å². The summed E-state index contributed by atoms with van der Waals surface area (Å²) in [6.45, 7) is 3.25. The highest BCUT2D eigenvalue weighted by molar-refractivity contribution is 5.71. The van der Waals surface area contributed by atoms with Gasteiger partial charge in [-0.1, -0.05) is 13.8 Å². The molecule has 1 heterocycles. The second-order valence-electron chi connectivity index (χ2n) is 3.58. The third-order valence-electron chi connectivity index (χ3n) is 2.43. The van der Waals surface area contributed by atoms with Crippen LogP contribution in [0.5, 0.6) is 0 Å². The summed E-state index contributed by atoms with van der Waals surface area (Å²) in [4.78, 5) is 10.9. The number of halogens is 3. The van der Waals surface area contributed by atoms with Crippen molar-refractivity contribution in [2.75, 3.05) is 0 Å². The van der Waals surface area contributed by atoms with Gasteiger partial charge in [-0.25, -0.2) is 4.79 Å². The Morgan fingerprint density at radius 3 is 2.47 bits per heavy atom. The van der Waals surface area contributed by atoms with Gasteiger partial charge in [0.15, 0.2) is 5.69 Å². The Balaban J connectivity index is 3.23. The summed E-state index contributed by atoms with van der Waals surface area (Å²) in [5, 5.41) is 12.3. The van der Waals surface area contributed by atoms with Gasteiger partial charge in [-0.05, 0) is 18.9 Å². The second-order valence-corrected chi connectivity index (χ2v) is 3.58. The molecule has 0 aliphatic rings. The van der Waals surface area contributed by atoms with E-state index < -0.39 is 23.9 Å². The molecule has 1 aromatic rings. The number of rotatable bonds is 4. The van der Waals surface area contributed by atoms with Crippen LogP contribution in [0.25, 0.3) is 0 Å². The molecule has 0 amide bonds. The maximum absolute atomic E-state index is 12.5. The van der Waals surface area contributed by atoms with Crippen molar-refractivity contribution in [1.82, 2.24) is 9.78 Å². The first-order valence-electron chi connectivity index (χ1n) is 5.19. The lowest BCUT2D eigenvalue weighted by Gasteiger charge is -2.13. The molecule has 1 rings (SSSR count). The lowest BCUT2D eigenvalue weighted by molar-refractivity contribution is -0.144. The molecule has 4 nitrogen and oxygen atoms in total. The minimum atomic E-state index is -4.55. The first-order chi connectivity index (χ1) is 7.81. The summed E-state index contributed by atoms with van der Waals surface area (Å²) in [6, 6.07) is -0.160. The van der Waals surface area contributed by atoms with Gasteiger partial charge in [0.2, 0.25) is 0 Å². The number of hydrogen-bond acceptors (Lipinski definition) is 2. The number of aliphatic carboxylic acids is 1. The van der Waals surface area contributed by atoms with E-state index in [9.17, 15) is 18.0 Å². The molecule has 0 radical (unpaired) electrons. The molecule has 0 fully saturated rings. The zero-order chi connectivity index (χ0) is 13.2. The maximum Gasteiger partial charge on any atom is 0.435 e. The van der Waals surface area contributed by atoms with E-state index in [0.717, 1.165) is 10.7 Å². The van der Waals surface area contributed by atoms with Crippen LogP contribution < -0.4 is 0 Å². The van der Waals surface area contributed by atoms with E-state index in [-0.39, 0.29) is 12.1 Å². The van der Waals surface area contributed by atoms with Gasteiger partial charge in [0.1, 0.15) is 6.04 Å². The molecule has 0 saturated heterocycles. The van der Waals surface area contributed by atoms with Crippen molar-refractivity contribution in [2.45, 2.75) is 38.9 Å². The van der Waals surface area contributed by atoms with Gasteiger partial charge in [0.25, 0.3) is 0 Å². The average molecular weight is 250 g/mol. The van der Waals surface area contributed by atoms with Crippen LogP contribution >= 0.6 is 0 Å². The highest BCUT2D eigenvalue weighted by Crippen LogP contribution is 2.30. The molecular weight excluding hydrogens is 237 g/mol. The number of carboxylic acids is 1. The van der Waals surface area contributed by atoms with Crippen molar-refractivity contribution in [2.24, 2.45) is 0 Å². The molecule has 7 heteroatoms. The first-order valence-corrected chi connectivity index (χ1v) is 5.19. The van der Waals surface area contributed by atoms with Gasteiger partial charge < -0.3 is 5.11 Å². The van der Waals surface area contributed by atoms with E-state index >= 15 is 0 Å². The Bertz CT molecular complexity index is 412. The zero-order valence-corrected chi connectivity index (χ0v) is 9.45. The number of aromatic nitrogens is 2. The lowest BCUT2D eigenvalue weighted by atomic mass is 10.2. The monoisotopic (exact) mass is 250 g/mol. The molecule has 1 N–H and O–H groups in total. The van der Waals surface area contributed by atoms with Crippen LogP contribution in [0.15, 0.2) is 6.07 Å². The highest BCUT2D eigenvalue weighted by Gasteiger charge is 2.36. The van der Waals surface area contributed by atoms with E-state index in [1.165, 1.54) is 0 Å². The normalized spacial score (nSPS) is 13.7. The van der Waals surface area contributed by atoms with Crippen molar-refractivity contribution in [3.8, 4) is 0 Å². The van der Waals surface area contributed by atoms with E-state index in [4.69, 9.17) is 5.11 Å². The number of carboxylic acid groups (broad SMARTS) is 1. The molecule has 0 bridgehead atoms. The molecule has 0 saturated carbocycles. The summed E-state index contributed by atoms with van der Waals surface area (Å²) >= 11 is 0. The van der Waals surface area contributed by atoms with Crippen LogP contribution in [-0.2, 0) is 17.4 Å². The molecule has 0 aliphatic heterocycles. The van der Waals surface area contributed by atoms with Gasteiger partial charge in [-0.3, -0.25) is 4.68 Å². The fourth-order valence-electron chi connectivity index (χ4n) is 1.56. The molecule has 1 unspecified atom stereocenters. The maximum atomic E-state index is 12.5. The molecule has 0 aliphatic carbocycles. The van der Waals surface area contributed by atoms with Crippen molar-refractivity contribution in [3.63, 3.8) is 0 Å². The Hall–Kier alpha value is -1.53. The highest BCUT2D eigenvalue weighted by atomic mass is 19.4. The molecule has 17 heavy (non-hydrogen) atoms. The second kappa shape index (κ2) is 4.77. The third-order valence-corrected chi connectivity index (χ3v) is 2.43. The van der Waals surface area contributed by atoms with Crippen LogP contribution in [0.1, 0.15) is 37.7 Å². The van der Waals surface area contributed by atoms with Crippen LogP contribution in [0.4, 0.5) is 13.2 Å². The van der Waals surface area contributed by atoms with Crippen molar-refractivity contribution in [3.05, 3.63) is 17.5 Å². The molecule has 0 aromatic carbocycles. The summed E-state index contributed by atoms with van der Waals surface area (Å²) in [5.74, 6) is -1.18. The van der Waals surface area contributed by atoms with E-state index in [1.807, 2.05) is 0 Å². The molecule has 1 aromatic heterocycles. The molecule has 0 spiro atoms. The molecular formula is C10H13F3N2O2. The predicted molar refractivity (Wildman–Crippen MR) is 53.6 cm³/mol. The standard InChI is InChI=1S/C10H13F3N2O2/c1-3-6-5-8(10(11,12)13)14-15(6)7(4-2)9(16)17/h5,7H,3-4H2,1-2H3,(H,16,17). The minimum absolute atomic E-state index is 0.182. The predicted octanol–water partition coefficient (Wildman–Crippen LogP) is 2.50. The van der Waals surface area contributed by atoms with Crippen molar-refractivity contribution < 1.29 is 23.1 Å². The SMILES string of the molecule is CCc1cc(C(F)(F)F)nn1C(CC)C(=O)O. The molecule has 1 atom stereocenters. The number of aryl methyl sites for hydroxylation is 1. The fraction of sp³-hybridized carbons (Fsp3) is 0.600. The summed E-state index contributed by atoms with van der Waals surface area (Å²) in [6.07, 6.45) is -4.07. The van der Waals surface area contributed by atoms with Crippen LogP contribution in [-0.4, -0.2) is 20.9 Å². The van der Waals surface area contributed by atoms with E-state index in [2.05, 4.69) is 5.10 Å². The average Bonchev–Trinajstić information content (AvgIpc) is 2.61. The quantitative estimate of drug-likeness (QED) is 0.893. The van der Waals surface area contributed by atoms with Gasteiger partial charge in [0.05, 0.1) is 0 Å². The number of carbonyl (C=O) groups is 1. The summed E-state index contributed by atoms with van der Waals surface area (Å²) in [5.41, 5.74) is -0.777. The summed E-state index contributed by atoms with van der Waals surface area (Å²) in [7, 11) is 0. The number of hydrogen-bond donors (Lipinski definition) is 1. The van der Waals surface area contributed by atoms with Crippen molar-refractivity contribution >= 4 is 5.97 Å². The Kier molecular flexibility index (Phi) is 3.79. The fourth-order valence-corrected chi connectivity index (χ4v) is 1.56. The third kappa shape index (κ3) is 2.78. The van der Waals surface area contributed by atoms with E-state index in [1.54, 1.807) is 13.8 Å². The molecule has 96 valence electrons. The Labute approximate surface area is 96.0 Å². The Morgan fingerprint density at radius 2 is 2.12 bits per heavy atom. The zero-order valence-electron chi connectivity index (χ0n) is 9.45. The first kappa shape index (κ1) is 13.5. The lowest BCUT2D eigenvalue weighted by Crippen LogP contribution is -2.21. The Morgan fingerprint density at radius 1 is 1.53 bits per heavy atom. The smallest absolute Gasteiger partial charge is 0.435 e. The van der Waals surface area contributed by atoms with E-state index in [0.29, 0.717) is 6.42 Å². The van der Waals surface area contributed by atoms with Crippen LogP contribution in [0.3, 0.4) is 0 Å². The van der Waals surface area contributed by atoms with Gasteiger partial charge >= 0.3 is 12.1 Å². The minimum Gasteiger partial charge on any atom is -0.480 e. The number of nitrogens with zero attached hydrogens (tertiary/aromatic N) is 2. The van der Waals surface area contributed by atoms with Crippen LogP contribution in [0.2, 0.25) is 0 Å².